The molecule has 1 aliphatic heterocycles. The molecule has 0 bridgehead atoms. The number of nitrogens with one attached hydrogen (secondary N) is 1. The van der Waals surface area contributed by atoms with Crippen molar-refractivity contribution in [1.29, 1.82) is 0 Å². The number of allylic oxidation sites excluding steroid dienone is 4. The Hall–Kier alpha value is -3.59. The number of fused-ring (bicyclic) bond motifs is 1. The van der Waals surface area contributed by atoms with Crippen molar-refractivity contribution in [2.75, 3.05) is 19.7 Å². The minimum absolute atomic E-state index is 0.0209. The maximum atomic E-state index is 13.3. The number of ether oxygens (including phenoxy) is 2. The highest BCUT2D eigenvalue weighted by atomic mass is 35.5. The number of carbonyl (C=O) groups excluding carboxylic acids is 1. The summed E-state index contributed by atoms with van der Waals surface area (Å²) < 4.78 is 17.2. The van der Waals surface area contributed by atoms with Crippen molar-refractivity contribution >= 4 is 28.7 Å². The molecule has 0 aliphatic carbocycles. The molecule has 1 aliphatic rings. The molecule has 0 saturated carbocycles. The Morgan fingerprint density at radius 3 is 2.44 bits per heavy atom. The quantitative estimate of drug-likeness (QED) is 0.0526. The highest BCUT2D eigenvalue weighted by molar-refractivity contribution is 6.33. The smallest absolute Gasteiger partial charge is 0.507 e. The number of halogens is 1. The number of carbonyl (C=O) groups is 1. The summed E-state index contributed by atoms with van der Waals surface area (Å²) in [4.78, 5) is 26.1. The van der Waals surface area contributed by atoms with Crippen LogP contribution in [0.2, 0.25) is 5.02 Å². The lowest BCUT2D eigenvalue weighted by Crippen LogP contribution is -2.39. The van der Waals surface area contributed by atoms with Gasteiger partial charge in [0, 0.05) is 35.7 Å². The summed E-state index contributed by atoms with van der Waals surface area (Å²) in [6.45, 7) is 3.32. The predicted octanol–water partition coefficient (Wildman–Crippen LogP) is 9.59. The fourth-order valence-electron chi connectivity index (χ4n) is 6.08. The molecule has 2 atom stereocenters. The van der Waals surface area contributed by atoms with Crippen LogP contribution < -0.4 is 15.5 Å². The Morgan fingerprint density at radius 2 is 1.71 bits per heavy atom. The first-order chi connectivity index (χ1) is 23.4. The van der Waals surface area contributed by atoms with Crippen LogP contribution in [0.5, 0.6) is 11.5 Å². The van der Waals surface area contributed by atoms with E-state index in [1.54, 1.807) is 24.3 Å². The van der Waals surface area contributed by atoms with Gasteiger partial charge in [-0.15, -0.1) is 0 Å². The van der Waals surface area contributed by atoms with Gasteiger partial charge in [-0.25, -0.2) is 4.79 Å². The van der Waals surface area contributed by atoms with Gasteiger partial charge in [-0.3, -0.25) is 4.79 Å². The standard InChI is InChI=1S/C39H50ClNO7/c1-2-3-4-5-6-7-8-9-10-11-12-13-14-15-16-19-24-46-39(45)48-35-26-32(43)37-31(42)25-34(28-20-17-18-21-30(28)40)47-38(37)36(35)29-22-23-41-27-33(29)44/h6-7,9-10,17-18,20-21,25-26,29,33,41,43-44H,2-5,8,11-16,19,22-24,27H2,1H3. The molecular formula is C39H50ClNO7. The second-order valence-corrected chi connectivity index (χ2v) is 12.8. The Labute approximate surface area is 288 Å². The number of aromatic hydroxyl groups is 1. The van der Waals surface area contributed by atoms with Gasteiger partial charge in [0.15, 0.2) is 5.43 Å². The van der Waals surface area contributed by atoms with Gasteiger partial charge >= 0.3 is 6.16 Å². The van der Waals surface area contributed by atoms with Crippen LogP contribution in [0, 0.1) is 0 Å². The third-order valence-electron chi connectivity index (χ3n) is 8.70. The zero-order chi connectivity index (χ0) is 34.1. The minimum Gasteiger partial charge on any atom is -0.507 e. The molecule has 0 spiro atoms. The van der Waals surface area contributed by atoms with Crippen LogP contribution >= 0.6 is 11.6 Å². The Balaban J connectivity index is 1.31. The molecule has 8 nitrogen and oxygen atoms in total. The number of phenolic OH excluding ortho intramolecular Hbond substituents is 1. The molecule has 48 heavy (non-hydrogen) atoms. The van der Waals surface area contributed by atoms with Crippen LogP contribution in [0.4, 0.5) is 4.79 Å². The van der Waals surface area contributed by atoms with Gasteiger partial charge in [0.2, 0.25) is 0 Å². The van der Waals surface area contributed by atoms with Crippen LogP contribution in [0.15, 0.2) is 69.9 Å². The van der Waals surface area contributed by atoms with Crippen LogP contribution in [0.3, 0.4) is 0 Å². The first-order valence-electron chi connectivity index (χ1n) is 17.5. The Bertz CT molecular complexity index is 1580. The average molecular weight is 680 g/mol. The second-order valence-electron chi connectivity index (χ2n) is 12.4. The number of β-amino-alcohol motifs (C(OH)–C–C–N with tert-alkyl or cyclic N) is 1. The molecule has 9 heteroatoms. The summed E-state index contributed by atoms with van der Waals surface area (Å²) in [7, 11) is 0. The van der Waals surface area contributed by atoms with Crippen molar-refractivity contribution in [1.82, 2.24) is 5.32 Å². The van der Waals surface area contributed by atoms with E-state index in [0.29, 0.717) is 42.1 Å². The van der Waals surface area contributed by atoms with Gasteiger partial charge in [-0.05, 0) is 63.6 Å². The minimum atomic E-state index is -0.925. The van der Waals surface area contributed by atoms with E-state index < -0.39 is 29.4 Å². The van der Waals surface area contributed by atoms with E-state index in [4.69, 9.17) is 25.5 Å². The van der Waals surface area contributed by atoms with Crippen LogP contribution in [0.1, 0.15) is 102 Å². The number of unbranched alkanes of at least 4 members (excludes halogenated alkanes) is 9. The van der Waals surface area contributed by atoms with Crippen molar-refractivity contribution in [2.24, 2.45) is 0 Å². The molecule has 2 unspecified atom stereocenters. The summed E-state index contributed by atoms with van der Waals surface area (Å²) in [5.41, 5.74) is 0.373. The summed E-state index contributed by atoms with van der Waals surface area (Å²) >= 11 is 6.40. The zero-order valence-electron chi connectivity index (χ0n) is 28.1. The topological polar surface area (TPSA) is 118 Å². The van der Waals surface area contributed by atoms with E-state index in [1.165, 1.54) is 50.7 Å². The molecule has 260 valence electrons. The van der Waals surface area contributed by atoms with Crippen molar-refractivity contribution < 1.29 is 28.9 Å². The van der Waals surface area contributed by atoms with E-state index >= 15 is 0 Å². The highest BCUT2D eigenvalue weighted by Crippen LogP contribution is 2.43. The van der Waals surface area contributed by atoms with Crippen LogP contribution in [-0.4, -0.2) is 42.2 Å². The lowest BCUT2D eigenvalue weighted by Gasteiger charge is -2.30. The molecule has 3 N–H and O–H groups in total. The molecule has 2 heterocycles. The molecule has 1 aromatic heterocycles. The van der Waals surface area contributed by atoms with E-state index in [-0.39, 0.29) is 29.1 Å². The van der Waals surface area contributed by atoms with Gasteiger partial charge in [-0.1, -0.05) is 93.5 Å². The molecule has 1 fully saturated rings. The molecular weight excluding hydrogens is 630 g/mol. The van der Waals surface area contributed by atoms with E-state index in [2.05, 4.69) is 36.5 Å². The Kier molecular flexibility index (Phi) is 15.5. The van der Waals surface area contributed by atoms with Crippen LogP contribution in [-0.2, 0) is 4.74 Å². The fourth-order valence-corrected chi connectivity index (χ4v) is 6.31. The number of phenols is 1. The molecule has 4 rings (SSSR count). The number of aliphatic hydroxyl groups excluding tert-OH is 1. The SMILES string of the molecule is CCCCCC=CCC=CCCCCCCCCOC(=O)Oc1cc(O)c2c(=O)cc(-c3ccccc3Cl)oc2c1C1CCNCC1O. The van der Waals surface area contributed by atoms with E-state index in [9.17, 15) is 19.8 Å². The van der Waals surface area contributed by atoms with Gasteiger partial charge in [-0.2, -0.15) is 0 Å². The van der Waals surface area contributed by atoms with Gasteiger partial charge in [0.1, 0.15) is 28.2 Å². The molecule has 0 amide bonds. The maximum Gasteiger partial charge on any atom is 0.513 e. The van der Waals surface area contributed by atoms with Gasteiger partial charge in [0.05, 0.1) is 17.7 Å². The average Bonchev–Trinajstić information content (AvgIpc) is 3.06. The highest BCUT2D eigenvalue weighted by Gasteiger charge is 2.33. The van der Waals surface area contributed by atoms with E-state index in [1.807, 2.05) is 0 Å². The molecule has 1 saturated heterocycles. The number of hydrogen-bond donors (Lipinski definition) is 3. The first kappa shape index (κ1) is 37.2. The van der Waals surface area contributed by atoms with Crippen molar-refractivity contribution in [3.63, 3.8) is 0 Å². The lowest BCUT2D eigenvalue weighted by molar-refractivity contribution is 0.0937. The number of benzene rings is 2. The number of aliphatic hydroxyl groups is 1. The summed E-state index contributed by atoms with van der Waals surface area (Å²) in [5.74, 6) is -0.759. The monoisotopic (exact) mass is 679 g/mol. The summed E-state index contributed by atoms with van der Waals surface area (Å²) in [5, 5.41) is 25.3. The van der Waals surface area contributed by atoms with Gasteiger partial charge in [0.25, 0.3) is 0 Å². The van der Waals surface area contributed by atoms with E-state index in [0.717, 1.165) is 32.1 Å². The van der Waals surface area contributed by atoms with Crippen molar-refractivity contribution in [2.45, 2.75) is 102 Å². The third kappa shape index (κ3) is 11.0. The third-order valence-corrected chi connectivity index (χ3v) is 9.03. The zero-order valence-corrected chi connectivity index (χ0v) is 28.8. The largest absolute Gasteiger partial charge is 0.513 e. The van der Waals surface area contributed by atoms with Crippen molar-refractivity contribution in [3.8, 4) is 22.8 Å². The predicted molar refractivity (Wildman–Crippen MR) is 192 cm³/mol. The molecule has 3 aromatic rings. The second kappa shape index (κ2) is 20.0. The fraction of sp³-hybridized carbons (Fsp3) is 0.487. The summed E-state index contributed by atoms with van der Waals surface area (Å²) in [6.07, 6.45) is 21.1. The van der Waals surface area contributed by atoms with Gasteiger partial charge < -0.3 is 29.4 Å². The molecule has 0 radical (unpaired) electrons. The normalized spacial score (nSPS) is 16.6. The number of rotatable bonds is 18. The van der Waals surface area contributed by atoms with Crippen LogP contribution in [0.25, 0.3) is 22.3 Å². The Morgan fingerprint density at radius 1 is 1.00 bits per heavy atom. The molecule has 2 aromatic carbocycles. The lowest BCUT2D eigenvalue weighted by atomic mass is 9.86. The number of hydrogen-bond acceptors (Lipinski definition) is 8. The summed E-state index contributed by atoms with van der Waals surface area (Å²) in [6, 6.07) is 9.43. The van der Waals surface area contributed by atoms with Crippen molar-refractivity contribution in [3.05, 3.63) is 81.5 Å². The number of piperidine rings is 1. The maximum absolute atomic E-state index is 13.3. The first-order valence-corrected chi connectivity index (χ1v) is 17.9.